The smallest absolute Gasteiger partial charge is 0.305 e. The Morgan fingerprint density at radius 2 is 1.93 bits per heavy atom. The number of rotatable bonds is 6. The summed E-state index contributed by atoms with van der Waals surface area (Å²) >= 11 is 6.26. The molecule has 0 saturated heterocycles. The summed E-state index contributed by atoms with van der Waals surface area (Å²) < 4.78 is 9.90. The van der Waals surface area contributed by atoms with Gasteiger partial charge in [-0.05, 0) is 30.7 Å². The highest BCUT2D eigenvalue weighted by molar-refractivity contribution is 6.36. The number of benzene rings is 2. The first-order valence-corrected chi connectivity index (χ1v) is 9.02. The number of para-hydroxylation sites is 1. The number of aromatic amines is 1. The van der Waals surface area contributed by atoms with Crippen LogP contribution in [0.1, 0.15) is 23.2 Å². The van der Waals surface area contributed by atoms with Gasteiger partial charge in [0.15, 0.2) is 5.43 Å². The molecule has 0 atom stereocenters. The number of amides is 1. The molecule has 3 aromatic rings. The maximum absolute atomic E-state index is 13.0. The molecule has 0 bridgehead atoms. The van der Waals surface area contributed by atoms with E-state index in [0.717, 1.165) is 0 Å². The molecule has 0 aliphatic carbocycles. The summed E-state index contributed by atoms with van der Waals surface area (Å²) in [6.07, 6.45) is 0.647. The number of esters is 1. The quantitative estimate of drug-likeness (QED) is 0.375. The monoisotopic (exact) mass is 402 g/mol. The largest absolute Gasteiger partial charge is 0.495 e. The fourth-order valence-electron chi connectivity index (χ4n) is 3.03. The van der Waals surface area contributed by atoms with Crippen LogP contribution >= 0.6 is 11.6 Å². The van der Waals surface area contributed by atoms with E-state index in [1.165, 1.54) is 20.3 Å². The van der Waals surface area contributed by atoms with Gasteiger partial charge in [0, 0.05) is 18.4 Å². The summed E-state index contributed by atoms with van der Waals surface area (Å²) in [7, 11) is 2.82. The van der Waals surface area contributed by atoms with Gasteiger partial charge in [-0.1, -0.05) is 17.7 Å². The zero-order valence-corrected chi connectivity index (χ0v) is 16.2. The molecule has 28 heavy (non-hydrogen) atoms. The SMILES string of the molecule is COC(=O)CCCNC(=O)c1ccc(Cl)c2c(=O)c3cccc(OC)c3[nH]c12. The lowest BCUT2D eigenvalue weighted by atomic mass is 10.1. The third kappa shape index (κ3) is 3.66. The highest BCUT2D eigenvalue weighted by atomic mass is 35.5. The van der Waals surface area contributed by atoms with Gasteiger partial charge in [0.1, 0.15) is 5.75 Å². The molecular formula is C20H19ClN2O5. The summed E-state index contributed by atoms with van der Waals surface area (Å²) in [5.74, 6) is -0.230. The van der Waals surface area contributed by atoms with Crippen molar-refractivity contribution in [2.45, 2.75) is 12.8 Å². The summed E-state index contributed by atoms with van der Waals surface area (Å²) in [4.78, 5) is 39.9. The molecule has 3 rings (SSSR count). The average molecular weight is 403 g/mol. The second-order valence-electron chi connectivity index (χ2n) is 6.12. The van der Waals surface area contributed by atoms with E-state index in [9.17, 15) is 14.4 Å². The molecular weight excluding hydrogens is 384 g/mol. The van der Waals surface area contributed by atoms with Gasteiger partial charge in [-0.15, -0.1) is 0 Å². The minimum atomic E-state index is -0.378. The number of hydrogen-bond donors (Lipinski definition) is 2. The van der Waals surface area contributed by atoms with Gasteiger partial charge in [0.05, 0.1) is 41.2 Å². The standard InChI is InChI=1S/C20H19ClN2O5/c1-27-14-6-3-5-11-17(14)23-18-12(8-9-13(21)16(18)19(11)25)20(26)22-10-4-7-15(24)28-2/h3,5-6,8-9H,4,7,10H2,1-2H3,(H,22,26)(H,23,25). The maximum atomic E-state index is 13.0. The molecule has 0 fully saturated rings. The Morgan fingerprint density at radius 1 is 1.14 bits per heavy atom. The van der Waals surface area contributed by atoms with E-state index >= 15 is 0 Å². The molecule has 0 unspecified atom stereocenters. The van der Waals surface area contributed by atoms with Crippen LogP contribution in [-0.2, 0) is 9.53 Å². The zero-order valence-electron chi connectivity index (χ0n) is 15.4. The lowest BCUT2D eigenvalue weighted by Crippen LogP contribution is -2.25. The Morgan fingerprint density at radius 3 is 2.64 bits per heavy atom. The van der Waals surface area contributed by atoms with Gasteiger partial charge in [0.2, 0.25) is 0 Å². The van der Waals surface area contributed by atoms with Gasteiger partial charge in [-0.25, -0.2) is 0 Å². The van der Waals surface area contributed by atoms with Crippen LogP contribution in [0.15, 0.2) is 35.1 Å². The minimum absolute atomic E-state index is 0.205. The number of fused-ring (bicyclic) bond motifs is 2. The lowest BCUT2D eigenvalue weighted by Gasteiger charge is -2.12. The van der Waals surface area contributed by atoms with Gasteiger partial charge in [-0.3, -0.25) is 14.4 Å². The Labute approximate surface area is 165 Å². The topological polar surface area (TPSA) is 97.5 Å². The van der Waals surface area contributed by atoms with Crippen molar-refractivity contribution in [2.24, 2.45) is 0 Å². The molecule has 8 heteroatoms. The van der Waals surface area contributed by atoms with Crippen molar-refractivity contribution >= 4 is 45.3 Å². The fourth-order valence-corrected chi connectivity index (χ4v) is 3.27. The van der Waals surface area contributed by atoms with E-state index in [-0.39, 0.29) is 39.7 Å². The maximum Gasteiger partial charge on any atom is 0.305 e. The second kappa shape index (κ2) is 8.31. The molecule has 1 heterocycles. The number of methoxy groups -OCH3 is 2. The third-order valence-electron chi connectivity index (χ3n) is 4.44. The van der Waals surface area contributed by atoms with Crippen LogP contribution in [0.4, 0.5) is 0 Å². The fraction of sp³-hybridized carbons (Fsp3) is 0.250. The van der Waals surface area contributed by atoms with Crippen LogP contribution < -0.4 is 15.5 Å². The van der Waals surface area contributed by atoms with E-state index in [1.54, 1.807) is 24.3 Å². The molecule has 7 nitrogen and oxygen atoms in total. The van der Waals surface area contributed by atoms with Gasteiger partial charge >= 0.3 is 5.97 Å². The number of pyridine rings is 1. The highest BCUT2D eigenvalue weighted by Crippen LogP contribution is 2.28. The van der Waals surface area contributed by atoms with E-state index in [0.29, 0.717) is 35.1 Å². The highest BCUT2D eigenvalue weighted by Gasteiger charge is 2.18. The lowest BCUT2D eigenvalue weighted by molar-refractivity contribution is -0.140. The van der Waals surface area contributed by atoms with Crippen molar-refractivity contribution in [3.8, 4) is 5.75 Å². The van der Waals surface area contributed by atoms with Crippen LogP contribution in [-0.4, -0.2) is 37.6 Å². The van der Waals surface area contributed by atoms with Gasteiger partial charge < -0.3 is 19.8 Å². The molecule has 1 amide bonds. The van der Waals surface area contributed by atoms with E-state index in [1.807, 2.05) is 0 Å². The third-order valence-corrected chi connectivity index (χ3v) is 4.75. The van der Waals surface area contributed by atoms with Crippen LogP contribution in [0.2, 0.25) is 5.02 Å². The van der Waals surface area contributed by atoms with E-state index in [4.69, 9.17) is 16.3 Å². The second-order valence-corrected chi connectivity index (χ2v) is 6.52. The first-order valence-electron chi connectivity index (χ1n) is 8.64. The number of carbonyl (C=O) groups excluding carboxylic acids is 2. The molecule has 2 N–H and O–H groups in total. The van der Waals surface area contributed by atoms with Crippen molar-refractivity contribution in [3.05, 3.63) is 51.1 Å². The Balaban J connectivity index is 2.04. The Bertz CT molecular complexity index is 1120. The molecule has 2 aromatic carbocycles. The molecule has 0 saturated carbocycles. The van der Waals surface area contributed by atoms with E-state index in [2.05, 4.69) is 15.0 Å². The normalized spacial score (nSPS) is 10.8. The summed E-state index contributed by atoms with van der Waals surface area (Å²) in [5.41, 5.74) is 0.819. The predicted octanol–water partition coefficient (Wildman–Crippen LogP) is 3.03. The van der Waals surface area contributed by atoms with Crippen molar-refractivity contribution in [1.29, 1.82) is 0 Å². The molecule has 1 aromatic heterocycles. The molecule has 0 aliphatic heterocycles. The van der Waals surface area contributed by atoms with Crippen molar-refractivity contribution in [2.75, 3.05) is 20.8 Å². The zero-order chi connectivity index (χ0) is 20.3. The first kappa shape index (κ1) is 19.7. The number of hydrogen-bond acceptors (Lipinski definition) is 5. The summed E-state index contributed by atoms with van der Waals surface area (Å²) in [6.45, 7) is 0.291. The number of H-pyrrole nitrogens is 1. The summed E-state index contributed by atoms with van der Waals surface area (Å²) in [5, 5.41) is 3.66. The number of aromatic nitrogens is 1. The van der Waals surface area contributed by atoms with Crippen molar-refractivity contribution in [3.63, 3.8) is 0 Å². The van der Waals surface area contributed by atoms with Crippen LogP contribution in [0.25, 0.3) is 21.8 Å². The summed E-state index contributed by atoms with van der Waals surface area (Å²) in [6, 6.07) is 8.19. The molecule has 0 aliphatic rings. The Kier molecular flexibility index (Phi) is 5.84. The Hall–Kier alpha value is -3.06. The van der Waals surface area contributed by atoms with E-state index < -0.39 is 0 Å². The first-order chi connectivity index (χ1) is 13.5. The van der Waals surface area contributed by atoms with Crippen LogP contribution in [0, 0.1) is 0 Å². The number of ether oxygens (including phenoxy) is 2. The van der Waals surface area contributed by atoms with Crippen LogP contribution in [0.3, 0.4) is 0 Å². The van der Waals surface area contributed by atoms with Gasteiger partial charge in [-0.2, -0.15) is 0 Å². The van der Waals surface area contributed by atoms with Crippen LogP contribution in [0.5, 0.6) is 5.75 Å². The average Bonchev–Trinajstić information content (AvgIpc) is 2.70. The molecule has 0 radical (unpaired) electrons. The van der Waals surface area contributed by atoms with Gasteiger partial charge in [0.25, 0.3) is 5.91 Å². The molecule has 0 spiro atoms. The molecule has 146 valence electrons. The number of halogens is 1. The van der Waals surface area contributed by atoms with Crippen molar-refractivity contribution < 1.29 is 19.1 Å². The minimum Gasteiger partial charge on any atom is -0.495 e. The number of carbonyl (C=O) groups is 2. The predicted molar refractivity (Wildman–Crippen MR) is 107 cm³/mol. The number of nitrogens with one attached hydrogen (secondary N) is 2. The van der Waals surface area contributed by atoms with Crippen molar-refractivity contribution in [1.82, 2.24) is 10.3 Å².